The van der Waals surface area contributed by atoms with E-state index in [-0.39, 0.29) is 18.2 Å². The van der Waals surface area contributed by atoms with E-state index in [4.69, 9.17) is 10.3 Å². The summed E-state index contributed by atoms with van der Waals surface area (Å²) in [5.74, 6) is 0.249. The van der Waals surface area contributed by atoms with E-state index in [2.05, 4.69) is 41.9 Å². The summed E-state index contributed by atoms with van der Waals surface area (Å²) in [5, 5.41) is 4.23. The predicted molar refractivity (Wildman–Crippen MR) is 112 cm³/mol. The Morgan fingerprint density at radius 2 is 2.04 bits per heavy atom. The maximum absolute atomic E-state index is 11.8. The minimum Gasteiger partial charge on any atom is -0.370 e. The van der Waals surface area contributed by atoms with Crippen molar-refractivity contribution in [1.82, 2.24) is 15.0 Å². The number of aromatic nitrogens is 1. The van der Waals surface area contributed by atoms with E-state index in [9.17, 15) is 4.79 Å². The summed E-state index contributed by atoms with van der Waals surface area (Å²) in [6, 6.07) is 0. The Kier molecular flexibility index (Phi) is 5.05. The van der Waals surface area contributed by atoms with Gasteiger partial charge in [-0.2, -0.15) is 0 Å². The molecule has 1 atom stereocenters. The summed E-state index contributed by atoms with van der Waals surface area (Å²) in [7, 11) is 2.18. The van der Waals surface area contributed by atoms with E-state index in [1.165, 1.54) is 26.6 Å². The summed E-state index contributed by atoms with van der Waals surface area (Å²) < 4.78 is 5.74. The Bertz CT molecular complexity index is 943. The van der Waals surface area contributed by atoms with Crippen molar-refractivity contribution in [1.29, 1.82) is 0 Å². The summed E-state index contributed by atoms with van der Waals surface area (Å²) in [6.07, 6.45) is 3.55. The van der Waals surface area contributed by atoms with Gasteiger partial charge >= 0.3 is 0 Å². The van der Waals surface area contributed by atoms with Crippen molar-refractivity contribution in [2.45, 2.75) is 39.5 Å². The molecule has 0 aromatic carbocycles. The van der Waals surface area contributed by atoms with Crippen molar-refractivity contribution in [3.63, 3.8) is 0 Å². The van der Waals surface area contributed by atoms with Crippen LogP contribution in [-0.4, -0.2) is 54.1 Å². The number of primary amides is 1. The number of carbonyl (C=O) groups excluding carboxylic acids is 1. The molecule has 0 saturated carbocycles. The number of aryl methyl sites for hydroxylation is 2. The molecule has 7 heteroatoms. The Labute approximate surface area is 170 Å². The molecule has 2 N–H and O–H groups in total. The smallest absolute Gasteiger partial charge is 0.218 e. The highest BCUT2D eigenvalue weighted by atomic mass is 32.1. The van der Waals surface area contributed by atoms with Crippen molar-refractivity contribution >= 4 is 22.9 Å². The SMILES string of the molecule is Cc1noc2c1-c1sc(C)c(C)c1C(N1CCCN(C)CC1)=C[C@H]2CC(N)=O. The highest BCUT2D eigenvalue weighted by Crippen LogP contribution is 2.49. The predicted octanol–water partition coefficient (Wildman–Crippen LogP) is 3.28. The summed E-state index contributed by atoms with van der Waals surface area (Å²) >= 11 is 1.79. The van der Waals surface area contributed by atoms with Crippen molar-refractivity contribution in [2.24, 2.45) is 5.73 Å². The molecule has 1 aliphatic heterocycles. The quantitative estimate of drug-likeness (QED) is 0.856. The maximum atomic E-state index is 11.8. The molecule has 2 aromatic rings. The highest BCUT2D eigenvalue weighted by Gasteiger charge is 2.34. The molecule has 0 spiro atoms. The van der Waals surface area contributed by atoms with Crippen LogP contribution in [-0.2, 0) is 4.79 Å². The van der Waals surface area contributed by atoms with Crippen LogP contribution in [0.2, 0.25) is 0 Å². The number of hydrogen-bond acceptors (Lipinski definition) is 6. The van der Waals surface area contributed by atoms with Crippen LogP contribution in [0.3, 0.4) is 0 Å². The number of allylic oxidation sites excluding steroid dienone is 1. The fourth-order valence-corrected chi connectivity index (χ4v) is 5.57. The molecule has 28 heavy (non-hydrogen) atoms. The molecule has 2 aliphatic rings. The van der Waals surface area contributed by atoms with Gasteiger partial charge in [0.1, 0.15) is 0 Å². The fraction of sp³-hybridized carbons (Fsp3) is 0.524. The first-order chi connectivity index (χ1) is 13.4. The van der Waals surface area contributed by atoms with Crippen LogP contribution in [0.25, 0.3) is 16.1 Å². The van der Waals surface area contributed by atoms with Crippen LogP contribution in [0.5, 0.6) is 0 Å². The van der Waals surface area contributed by atoms with Crippen LogP contribution >= 0.6 is 11.3 Å². The van der Waals surface area contributed by atoms with E-state index in [1.807, 2.05) is 6.92 Å². The minimum absolute atomic E-state index is 0.191. The molecule has 150 valence electrons. The lowest BCUT2D eigenvalue weighted by molar-refractivity contribution is -0.118. The highest BCUT2D eigenvalue weighted by molar-refractivity contribution is 7.16. The lowest BCUT2D eigenvalue weighted by atomic mass is 9.98. The zero-order valence-corrected chi connectivity index (χ0v) is 17.9. The van der Waals surface area contributed by atoms with Gasteiger partial charge in [0.25, 0.3) is 0 Å². The molecule has 0 unspecified atom stereocenters. The van der Waals surface area contributed by atoms with Gasteiger partial charge in [-0.05, 0) is 52.4 Å². The number of hydrogen-bond donors (Lipinski definition) is 1. The second-order valence-electron chi connectivity index (χ2n) is 7.97. The summed E-state index contributed by atoms with van der Waals surface area (Å²) in [5.41, 5.74) is 11.3. The van der Waals surface area contributed by atoms with Gasteiger partial charge in [-0.25, -0.2) is 0 Å². The second-order valence-corrected chi connectivity index (χ2v) is 9.19. The molecule has 1 amide bonds. The van der Waals surface area contributed by atoms with Crippen LogP contribution in [0.15, 0.2) is 10.6 Å². The number of amides is 1. The first-order valence-electron chi connectivity index (χ1n) is 9.87. The molecular weight excluding hydrogens is 372 g/mol. The van der Waals surface area contributed by atoms with Crippen LogP contribution < -0.4 is 5.73 Å². The maximum Gasteiger partial charge on any atom is 0.218 e. The molecule has 1 saturated heterocycles. The number of thiophene rings is 1. The Morgan fingerprint density at radius 1 is 1.25 bits per heavy atom. The third-order valence-corrected chi connectivity index (χ3v) is 7.16. The first-order valence-corrected chi connectivity index (χ1v) is 10.7. The third kappa shape index (κ3) is 3.26. The lowest BCUT2D eigenvalue weighted by Crippen LogP contribution is -2.28. The van der Waals surface area contributed by atoms with E-state index < -0.39 is 0 Å². The second kappa shape index (κ2) is 7.37. The van der Waals surface area contributed by atoms with Gasteiger partial charge in [0.2, 0.25) is 5.91 Å². The molecular formula is C21H28N4O2S. The number of nitrogens with two attached hydrogens (primary N) is 1. The lowest BCUT2D eigenvalue weighted by Gasteiger charge is -2.27. The Balaban J connectivity index is 1.91. The minimum atomic E-state index is -0.325. The Morgan fingerprint density at radius 3 is 2.79 bits per heavy atom. The van der Waals surface area contributed by atoms with Crippen LogP contribution in [0, 0.1) is 20.8 Å². The van der Waals surface area contributed by atoms with Crippen molar-refractivity contribution < 1.29 is 9.32 Å². The van der Waals surface area contributed by atoms with Gasteiger partial charge in [0, 0.05) is 53.0 Å². The average Bonchev–Trinajstić information content (AvgIpc) is 2.99. The monoisotopic (exact) mass is 400 g/mol. The zero-order valence-electron chi connectivity index (χ0n) is 17.0. The van der Waals surface area contributed by atoms with Gasteiger partial charge in [0.05, 0.1) is 11.3 Å². The van der Waals surface area contributed by atoms with E-state index >= 15 is 0 Å². The zero-order chi connectivity index (χ0) is 20.0. The van der Waals surface area contributed by atoms with Crippen molar-refractivity contribution in [3.8, 4) is 10.4 Å². The molecule has 6 nitrogen and oxygen atoms in total. The van der Waals surface area contributed by atoms with E-state index in [0.717, 1.165) is 49.6 Å². The standard InChI is InChI=1S/C21H28N4O2S/c1-12-14(3)28-21-18(12)16(25-7-5-6-24(4)8-9-25)10-15(11-17(22)26)20-19(21)13(2)23-27-20/h10,15H,5-9,11H2,1-4H3,(H2,22,26)/t15-/m0/s1. The average molecular weight is 401 g/mol. The number of fused-ring (bicyclic) bond motifs is 3. The van der Waals surface area contributed by atoms with Crippen LogP contribution in [0.1, 0.15) is 46.2 Å². The van der Waals surface area contributed by atoms with Gasteiger partial charge in [-0.15, -0.1) is 11.3 Å². The molecule has 1 fully saturated rings. The third-order valence-electron chi connectivity index (χ3n) is 5.93. The molecule has 4 rings (SSSR count). The van der Waals surface area contributed by atoms with Crippen molar-refractivity contribution in [3.05, 3.63) is 33.5 Å². The Hall–Kier alpha value is -2.12. The molecule has 3 heterocycles. The van der Waals surface area contributed by atoms with Gasteiger partial charge in [-0.3, -0.25) is 4.79 Å². The fourth-order valence-electron chi connectivity index (χ4n) is 4.30. The number of rotatable bonds is 3. The number of nitrogens with zero attached hydrogens (tertiary/aromatic N) is 3. The number of carbonyl (C=O) groups is 1. The summed E-state index contributed by atoms with van der Waals surface area (Å²) in [4.78, 5) is 19.2. The van der Waals surface area contributed by atoms with E-state index in [1.54, 1.807) is 11.3 Å². The van der Waals surface area contributed by atoms with Crippen molar-refractivity contribution in [2.75, 3.05) is 33.2 Å². The van der Waals surface area contributed by atoms with Crippen LogP contribution in [0.4, 0.5) is 0 Å². The van der Waals surface area contributed by atoms with Gasteiger partial charge in [0.15, 0.2) is 5.76 Å². The molecule has 0 bridgehead atoms. The largest absolute Gasteiger partial charge is 0.370 e. The normalized spacial score (nSPS) is 20.2. The summed E-state index contributed by atoms with van der Waals surface area (Å²) in [6.45, 7) is 10.4. The molecule has 2 aromatic heterocycles. The molecule has 1 aliphatic carbocycles. The van der Waals surface area contributed by atoms with E-state index in [0.29, 0.717) is 0 Å². The van der Waals surface area contributed by atoms with Gasteiger partial charge in [-0.1, -0.05) is 5.16 Å². The molecule has 0 radical (unpaired) electrons. The number of likely N-dealkylation sites (N-methyl/N-ethyl adjacent to an activating group) is 1. The topological polar surface area (TPSA) is 75.6 Å². The first kappa shape index (κ1) is 19.2. The van der Waals surface area contributed by atoms with Gasteiger partial charge < -0.3 is 20.1 Å².